The van der Waals surface area contributed by atoms with E-state index in [0.717, 1.165) is 18.4 Å². The van der Waals surface area contributed by atoms with Gasteiger partial charge in [0.15, 0.2) is 0 Å². The summed E-state index contributed by atoms with van der Waals surface area (Å²) in [6, 6.07) is 7.71. The maximum absolute atomic E-state index is 12.2. The summed E-state index contributed by atoms with van der Waals surface area (Å²) in [5.74, 6) is 0.849. The van der Waals surface area contributed by atoms with E-state index in [1.165, 1.54) is 0 Å². The zero-order valence-electron chi connectivity index (χ0n) is 9.79. The molecule has 0 N–H and O–H groups in total. The van der Waals surface area contributed by atoms with Crippen LogP contribution < -0.4 is 0 Å². The molecule has 2 rings (SSSR count). The van der Waals surface area contributed by atoms with Crippen molar-refractivity contribution in [1.82, 2.24) is 0 Å². The van der Waals surface area contributed by atoms with Gasteiger partial charge in [0.1, 0.15) is 5.78 Å². The summed E-state index contributed by atoms with van der Waals surface area (Å²) in [4.78, 5) is 12.2. The van der Waals surface area contributed by atoms with E-state index >= 15 is 0 Å². The van der Waals surface area contributed by atoms with E-state index in [1.807, 2.05) is 31.2 Å². The molecule has 1 aromatic carbocycles. The summed E-state index contributed by atoms with van der Waals surface area (Å²) in [6.45, 7) is 4.17. The second kappa shape index (κ2) is 4.21. The second-order valence-corrected chi connectivity index (χ2v) is 5.49. The third kappa shape index (κ3) is 1.89. The fourth-order valence-corrected chi connectivity index (χ4v) is 2.86. The van der Waals surface area contributed by atoms with E-state index in [0.29, 0.717) is 23.1 Å². The molecule has 1 aromatic rings. The smallest absolute Gasteiger partial charge is 0.143 e. The van der Waals surface area contributed by atoms with Crippen LogP contribution in [0.1, 0.15) is 38.7 Å². The Morgan fingerprint density at radius 2 is 2.06 bits per heavy atom. The highest BCUT2D eigenvalue weighted by atomic mass is 35.5. The van der Waals surface area contributed by atoms with Gasteiger partial charge in [0.05, 0.1) is 5.41 Å². The molecule has 86 valence electrons. The molecule has 2 heteroatoms. The Morgan fingerprint density at radius 1 is 1.38 bits per heavy atom. The molecule has 1 fully saturated rings. The molecular formula is C14H17ClO. The van der Waals surface area contributed by atoms with E-state index in [9.17, 15) is 4.79 Å². The number of halogens is 1. The third-order valence-corrected chi connectivity index (χ3v) is 4.08. The highest BCUT2D eigenvalue weighted by Crippen LogP contribution is 2.41. The number of Topliss-reactive ketones (excluding diaryl/α,β-unsaturated/α-hetero) is 1. The third-order valence-electron chi connectivity index (χ3n) is 3.75. The molecule has 2 atom stereocenters. The lowest BCUT2D eigenvalue weighted by Gasteiger charge is -2.35. The molecule has 0 saturated heterocycles. The zero-order chi connectivity index (χ0) is 11.8. The Hall–Kier alpha value is -0.820. The van der Waals surface area contributed by atoms with E-state index in [1.54, 1.807) is 0 Å². The minimum atomic E-state index is -0.370. The second-order valence-electron chi connectivity index (χ2n) is 5.08. The van der Waals surface area contributed by atoms with Gasteiger partial charge < -0.3 is 0 Å². The van der Waals surface area contributed by atoms with Crippen molar-refractivity contribution in [1.29, 1.82) is 0 Å². The monoisotopic (exact) mass is 236 g/mol. The molecule has 1 nitrogen and oxygen atoms in total. The summed E-state index contributed by atoms with van der Waals surface area (Å²) in [6.07, 6.45) is 2.70. The van der Waals surface area contributed by atoms with Gasteiger partial charge >= 0.3 is 0 Å². The molecule has 16 heavy (non-hydrogen) atoms. The highest BCUT2D eigenvalue weighted by Gasteiger charge is 2.39. The number of benzene rings is 1. The van der Waals surface area contributed by atoms with Gasteiger partial charge in [-0.15, -0.1) is 0 Å². The first kappa shape index (κ1) is 11.7. The molecule has 0 heterocycles. The summed E-state index contributed by atoms with van der Waals surface area (Å²) in [7, 11) is 0. The zero-order valence-corrected chi connectivity index (χ0v) is 10.6. The van der Waals surface area contributed by atoms with Crippen LogP contribution in [-0.2, 0) is 10.2 Å². The van der Waals surface area contributed by atoms with Crippen LogP contribution in [0.15, 0.2) is 24.3 Å². The molecule has 2 unspecified atom stereocenters. The number of carbonyl (C=O) groups excluding carboxylic acids is 1. The van der Waals surface area contributed by atoms with Crippen molar-refractivity contribution in [2.45, 2.75) is 38.5 Å². The lowest BCUT2D eigenvalue weighted by Crippen LogP contribution is -2.38. The Kier molecular flexibility index (Phi) is 3.07. The summed E-state index contributed by atoms with van der Waals surface area (Å²) >= 11 is 6.20. The van der Waals surface area contributed by atoms with Gasteiger partial charge in [0, 0.05) is 11.4 Å². The first-order valence-electron chi connectivity index (χ1n) is 5.82. The van der Waals surface area contributed by atoms with E-state index in [-0.39, 0.29) is 5.41 Å². The SMILES string of the molecule is CC1CCC(C)(c2ccccc2Cl)C(=O)C1. The lowest BCUT2D eigenvalue weighted by molar-refractivity contribution is -0.127. The fraction of sp³-hybridized carbons (Fsp3) is 0.500. The number of hydrogen-bond acceptors (Lipinski definition) is 1. The number of ketones is 1. The molecule has 0 aromatic heterocycles. The van der Waals surface area contributed by atoms with Crippen LogP contribution in [0.2, 0.25) is 5.02 Å². The Bertz CT molecular complexity index is 413. The topological polar surface area (TPSA) is 17.1 Å². The quantitative estimate of drug-likeness (QED) is 0.721. The molecule has 0 bridgehead atoms. The molecule has 0 aliphatic heterocycles. The van der Waals surface area contributed by atoms with Gasteiger partial charge in [0.2, 0.25) is 0 Å². The van der Waals surface area contributed by atoms with Crippen LogP contribution in [0, 0.1) is 5.92 Å². The van der Waals surface area contributed by atoms with Crippen LogP contribution in [0.5, 0.6) is 0 Å². The standard InChI is InChI=1S/C14H17ClO/c1-10-7-8-14(2,13(16)9-10)11-5-3-4-6-12(11)15/h3-6,10H,7-9H2,1-2H3. The van der Waals surface area contributed by atoms with Crippen LogP contribution >= 0.6 is 11.6 Å². The predicted molar refractivity (Wildman–Crippen MR) is 66.8 cm³/mol. The highest BCUT2D eigenvalue weighted by molar-refractivity contribution is 6.31. The minimum absolute atomic E-state index is 0.333. The molecule has 0 spiro atoms. The lowest BCUT2D eigenvalue weighted by atomic mass is 9.67. The molecule has 1 aliphatic rings. The Labute approximate surface area is 102 Å². The maximum Gasteiger partial charge on any atom is 0.143 e. The normalized spacial score (nSPS) is 30.4. The van der Waals surface area contributed by atoms with Gasteiger partial charge in [0.25, 0.3) is 0 Å². The molecular weight excluding hydrogens is 220 g/mol. The minimum Gasteiger partial charge on any atom is -0.299 e. The van der Waals surface area contributed by atoms with Crippen LogP contribution in [-0.4, -0.2) is 5.78 Å². The van der Waals surface area contributed by atoms with Crippen molar-refractivity contribution < 1.29 is 4.79 Å². The molecule has 0 amide bonds. The van der Waals surface area contributed by atoms with E-state index in [2.05, 4.69) is 6.92 Å². The van der Waals surface area contributed by atoms with Crippen molar-refractivity contribution in [2.75, 3.05) is 0 Å². The van der Waals surface area contributed by atoms with Gasteiger partial charge in [-0.3, -0.25) is 4.79 Å². The van der Waals surface area contributed by atoms with E-state index < -0.39 is 0 Å². The Morgan fingerprint density at radius 3 is 2.69 bits per heavy atom. The van der Waals surface area contributed by atoms with Crippen molar-refractivity contribution >= 4 is 17.4 Å². The first-order valence-corrected chi connectivity index (χ1v) is 6.20. The van der Waals surface area contributed by atoms with Crippen molar-refractivity contribution in [3.63, 3.8) is 0 Å². The van der Waals surface area contributed by atoms with Crippen LogP contribution in [0.4, 0.5) is 0 Å². The van der Waals surface area contributed by atoms with Crippen molar-refractivity contribution in [3.05, 3.63) is 34.9 Å². The summed E-state index contributed by atoms with van der Waals surface area (Å²) < 4.78 is 0. The Balaban J connectivity index is 2.39. The van der Waals surface area contributed by atoms with Crippen molar-refractivity contribution in [2.24, 2.45) is 5.92 Å². The number of carbonyl (C=O) groups is 1. The first-order chi connectivity index (χ1) is 7.54. The van der Waals surface area contributed by atoms with E-state index in [4.69, 9.17) is 11.6 Å². The van der Waals surface area contributed by atoms with Gasteiger partial charge in [-0.1, -0.05) is 36.7 Å². The largest absolute Gasteiger partial charge is 0.299 e. The summed E-state index contributed by atoms with van der Waals surface area (Å²) in [5, 5.41) is 0.716. The predicted octanol–water partition coefficient (Wildman–Crippen LogP) is 3.99. The molecule has 1 saturated carbocycles. The van der Waals surface area contributed by atoms with Gasteiger partial charge in [-0.25, -0.2) is 0 Å². The van der Waals surface area contributed by atoms with Gasteiger partial charge in [-0.2, -0.15) is 0 Å². The van der Waals surface area contributed by atoms with Gasteiger partial charge in [-0.05, 0) is 37.3 Å². The fourth-order valence-electron chi connectivity index (χ4n) is 2.51. The molecule has 0 radical (unpaired) electrons. The average Bonchev–Trinajstić information content (AvgIpc) is 2.25. The van der Waals surface area contributed by atoms with Crippen molar-refractivity contribution in [3.8, 4) is 0 Å². The van der Waals surface area contributed by atoms with Crippen LogP contribution in [0.25, 0.3) is 0 Å². The number of hydrogen-bond donors (Lipinski definition) is 0. The molecule has 1 aliphatic carbocycles. The maximum atomic E-state index is 12.2. The summed E-state index contributed by atoms with van der Waals surface area (Å²) in [5.41, 5.74) is 0.624. The van der Waals surface area contributed by atoms with Crippen LogP contribution in [0.3, 0.4) is 0 Å². The average molecular weight is 237 g/mol. The number of rotatable bonds is 1.